The Morgan fingerprint density at radius 1 is 0.923 bits per heavy atom. The molecular weight excluding hydrogens is 348 g/mol. The number of amides is 1. The fourth-order valence-electron chi connectivity index (χ4n) is 2.80. The Morgan fingerprint density at radius 3 is 2.35 bits per heavy atom. The van der Waals surface area contributed by atoms with Crippen molar-refractivity contribution >= 4 is 28.9 Å². The van der Waals surface area contributed by atoms with Crippen molar-refractivity contribution < 1.29 is 9.53 Å². The number of anilines is 1. The number of carbonyl (C=O) groups excluding carboxylic acids is 1. The maximum absolute atomic E-state index is 12.7. The summed E-state index contributed by atoms with van der Waals surface area (Å²) in [6.07, 6.45) is -1.00. The third kappa shape index (κ3) is 3.32. The first-order chi connectivity index (χ1) is 12.7. The number of fused-ring (bicyclic) bond motifs is 1. The van der Waals surface area contributed by atoms with E-state index in [1.165, 1.54) is 0 Å². The number of nitrogens with zero attached hydrogens (tertiary/aromatic N) is 1. The minimum absolute atomic E-state index is 0.330. The second-order valence-electron chi connectivity index (χ2n) is 5.81. The van der Waals surface area contributed by atoms with Crippen molar-refractivity contribution in [3.05, 3.63) is 95.0 Å². The lowest BCUT2D eigenvalue weighted by atomic mass is 10.0. The molecular formula is C21H15ClN2O2. The minimum Gasteiger partial charge on any atom is -0.459 e. The van der Waals surface area contributed by atoms with E-state index < -0.39 is 6.23 Å². The van der Waals surface area contributed by atoms with Crippen LogP contribution >= 0.6 is 11.6 Å². The van der Waals surface area contributed by atoms with Crippen LogP contribution in [0.4, 0.5) is 5.69 Å². The minimum atomic E-state index is -1.00. The maximum atomic E-state index is 12.7. The highest BCUT2D eigenvalue weighted by molar-refractivity contribution is 6.32. The van der Waals surface area contributed by atoms with Gasteiger partial charge in [0.2, 0.25) is 0 Å². The van der Waals surface area contributed by atoms with Gasteiger partial charge in [-0.15, -0.1) is 0 Å². The van der Waals surface area contributed by atoms with Crippen LogP contribution in [0.2, 0.25) is 5.02 Å². The van der Waals surface area contributed by atoms with E-state index in [1.54, 1.807) is 30.3 Å². The molecule has 1 aliphatic rings. The lowest BCUT2D eigenvalue weighted by molar-refractivity contribution is -0.122. The van der Waals surface area contributed by atoms with Crippen LogP contribution in [0.1, 0.15) is 11.1 Å². The zero-order valence-electron chi connectivity index (χ0n) is 13.7. The topological polar surface area (TPSA) is 50.7 Å². The van der Waals surface area contributed by atoms with Crippen molar-refractivity contribution in [1.82, 2.24) is 0 Å². The van der Waals surface area contributed by atoms with Gasteiger partial charge < -0.3 is 10.1 Å². The fourth-order valence-corrected chi connectivity index (χ4v) is 2.97. The number of hydrogen-bond donors (Lipinski definition) is 1. The second kappa shape index (κ2) is 7.02. The van der Waals surface area contributed by atoms with E-state index in [0.29, 0.717) is 22.2 Å². The molecule has 1 heterocycles. The summed E-state index contributed by atoms with van der Waals surface area (Å²) < 4.78 is 5.83. The quantitative estimate of drug-likeness (QED) is 0.744. The van der Waals surface area contributed by atoms with Gasteiger partial charge in [0, 0.05) is 16.1 Å². The van der Waals surface area contributed by atoms with Gasteiger partial charge in [0.05, 0.1) is 11.4 Å². The van der Waals surface area contributed by atoms with Crippen LogP contribution in [-0.2, 0) is 4.79 Å². The van der Waals surface area contributed by atoms with E-state index in [1.807, 2.05) is 48.5 Å². The monoisotopic (exact) mass is 362 g/mol. The number of para-hydroxylation sites is 1. The largest absolute Gasteiger partial charge is 0.459 e. The normalized spacial score (nSPS) is 16.1. The Labute approximate surface area is 156 Å². The maximum Gasteiger partial charge on any atom is 0.288 e. The summed E-state index contributed by atoms with van der Waals surface area (Å²) in [5, 5.41) is 3.46. The Hall–Kier alpha value is -3.11. The standard InChI is InChI=1S/C21H15ClN2O2/c22-15-11-12-18-17(13-15)19(14-7-3-1-4-8-14)24-21(20(25)23-18)26-16-9-5-2-6-10-16/h1-13,21H,(H,23,25). The Kier molecular flexibility index (Phi) is 4.42. The van der Waals surface area contributed by atoms with Gasteiger partial charge in [-0.2, -0.15) is 0 Å². The van der Waals surface area contributed by atoms with Crippen LogP contribution < -0.4 is 10.1 Å². The number of rotatable bonds is 3. The summed E-state index contributed by atoms with van der Waals surface area (Å²) in [6, 6.07) is 24.1. The van der Waals surface area contributed by atoms with Crippen LogP contribution in [-0.4, -0.2) is 17.8 Å². The summed E-state index contributed by atoms with van der Waals surface area (Å²) in [5.41, 5.74) is 2.95. The van der Waals surface area contributed by atoms with Crippen molar-refractivity contribution in [2.75, 3.05) is 5.32 Å². The summed E-state index contributed by atoms with van der Waals surface area (Å²) in [7, 11) is 0. The number of benzene rings is 3. The lowest BCUT2D eigenvalue weighted by Gasteiger charge is -2.13. The third-order valence-corrected chi connectivity index (χ3v) is 4.24. The highest BCUT2D eigenvalue weighted by Crippen LogP contribution is 2.28. The molecule has 1 aliphatic heterocycles. The predicted molar refractivity (Wildman–Crippen MR) is 103 cm³/mol. The molecule has 0 aliphatic carbocycles. The Balaban J connectivity index is 1.83. The number of nitrogens with one attached hydrogen (secondary N) is 1. The Bertz CT molecular complexity index is 972. The van der Waals surface area contributed by atoms with Gasteiger partial charge in [0.25, 0.3) is 12.1 Å². The number of aliphatic imine (C=N–C) groups is 1. The second-order valence-corrected chi connectivity index (χ2v) is 6.24. The summed E-state index contributed by atoms with van der Waals surface area (Å²) in [6.45, 7) is 0. The SMILES string of the molecule is O=C1Nc2ccc(Cl)cc2C(c2ccccc2)=NC1Oc1ccccc1. The van der Waals surface area contributed by atoms with Crippen molar-refractivity contribution in [3.8, 4) is 5.75 Å². The molecule has 26 heavy (non-hydrogen) atoms. The van der Waals surface area contributed by atoms with E-state index in [-0.39, 0.29) is 5.91 Å². The summed E-state index contributed by atoms with van der Waals surface area (Å²) >= 11 is 6.19. The number of hydrogen-bond acceptors (Lipinski definition) is 3. The third-order valence-electron chi connectivity index (χ3n) is 4.00. The zero-order valence-corrected chi connectivity index (χ0v) is 14.5. The smallest absolute Gasteiger partial charge is 0.288 e. The van der Waals surface area contributed by atoms with Crippen LogP contribution in [0.25, 0.3) is 0 Å². The average molecular weight is 363 g/mol. The molecule has 4 rings (SSSR count). The molecule has 0 spiro atoms. The fraction of sp³-hybridized carbons (Fsp3) is 0.0476. The molecule has 1 amide bonds. The molecule has 0 bridgehead atoms. The molecule has 0 aromatic heterocycles. The number of ether oxygens (including phenoxy) is 1. The van der Waals surface area contributed by atoms with Crippen molar-refractivity contribution in [1.29, 1.82) is 0 Å². The average Bonchev–Trinajstić information content (AvgIpc) is 2.80. The van der Waals surface area contributed by atoms with Crippen LogP contribution in [0, 0.1) is 0 Å². The molecule has 128 valence electrons. The van der Waals surface area contributed by atoms with Gasteiger partial charge in [-0.05, 0) is 30.3 Å². The van der Waals surface area contributed by atoms with E-state index in [9.17, 15) is 4.79 Å². The molecule has 0 fully saturated rings. The van der Waals surface area contributed by atoms with E-state index in [0.717, 1.165) is 11.1 Å². The zero-order chi connectivity index (χ0) is 17.9. The molecule has 0 saturated carbocycles. The number of carbonyl (C=O) groups is 1. The molecule has 1 unspecified atom stereocenters. The van der Waals surface area contributed by atoms with E-state index in [4.69, 9.17) is 16.3 Å². The highest BCUT2D eigenvalue weighted by Gasteiger charge is 2.27. The van der Waals surface area contributed by atoms with Crippen molar-refractivity contribution in [2.24, 2.45) is 4.99 Å². The first kappa shape index (κ1) is 16.4. The van der Waals surface area contributed by atoms with E-state index in [2.05, 4.69) is 10.3 Å². The predicted octanol–water partition coefficient (Wildman–Crippen LogP) is 4.53. The highest BCUT2D eigenvalue weighted by atomic mass is 35.5. The number of benzodiazepines with no additional fused rings is 1. The van der Waals surface area contributed by atoms with Crippen molar-refractivity contribution in [2.45, 2.75) is 6.23 Å². The molecule has 0 saturated heterocycles. The molecule has 3 aromatic rings. The first-order valence-corrected chi connectivity index (χ1v) is 8.54. The van der Waals surface area contributed by atoms with Gasteiger partial charge in [0.15, 0.2) is 0 Å². The van der Waals surface area contributed by atoms with Gasteiger partial charge in [0.1, 0.15) is 5.75 Å². The van der Waals surface area contributed by atoms with E-state index >= 15 is 0 Å². The number of halogens is 1. The Morgan fingerprint density at radius 2 is 1.62 bits per heavy atom. The molecule has 4 nitrogen and oxygen atoms in total. The first-order valence-electron chi connectivity index (χ1n) is 8.16. The van der Waals surface area contributed by atoms with Gasteiger partial charge >= 0.3 is 0 Å². The molecule has 1 atom stereocenters. The summed E-state index contributed by atoms with van der Waals surface area (Å²) in [4.78, 5) is 17.3. The molecule has 3 aromatic carbocycles. The van der Waals surface area contributed by atoms with Crippen LogP contribution in [0.15, 0.2) is 83.9 Å². The lowest BCUT2D eigenvalue weighted by Crippen LogP contribution is -2.30. The van der Waals surface area contributed by atoms with Crippen LogP contribution in [0.3, 0.4) is 0 Å². The molecule has 5 heteroatoms. The molecule has 0 radical (unpaired) electrons. The molecule has 1 N–H and O–H groups in total. The van der Waals surface area contributed by atoms with Crippen molar-refractivity contribution in [3.63, 3.8) is 0 Å². The van der Waals surface area contributed by atoms with Gasteiger partial charge in [-0.3, -0.25) is 4.79 Å². The van der Waals surface area contributed by atoms with Gasteiger partial charge in [-0.1, -0.05) is 60.1 Å². The van der Waals surface area contributed by atoms with Gasteiger partial charge in [-0.25, -0.2) is 4.99 Å². The van der Waals surface area contributed by atoms with Crippen LogP contribution in [0.5, 0.6) is 5.75 Å². The summed E-state index contributed by atoms with van der Waals surface area (Å²) in [5.74, 6) is 0.246.